The number of benzene rings is 2. The molecule has 2 aromatic rings. The van der Waals surface area contributed by atoms with Crippen molar-refractivity contribution in [3.05, 3.63) is 59.7 Å². The number of nitrogens with zero attached hydrogens (tertiary/aromatic N) is 2. The minimum Gasteiger partial charge on any atom is -0.496 e. The topological polar surface area (TPSA) is 83.0 Å². The van der Waals surface area contributed by atoms with Crippen molar-refractivity contribution in [2.24, 2.45) is 4.99 Å². The van der Waals surface area contributed by atoms with Crippen LogP contribution in [0.15, 0.2) is 58.4 Å². The Morgan fingerprint density at radius 3 is 2.50 bits per heavy atom. The molecular formula is C23H31ClN4O3S. The Balaban J connectivity index is 0.00000289. The number of rotatable bonds is 5. The third-order valence-electron chi connectivity index (χ3n) is 6.17. The van der Waals surface area contributed by atoms with Gasteiger partial charge >= 0.3 is 0 Å². The summed E-state index contributed by atoms with van der Waals surface area (Å²) in [6.45, 7) is 4.98. The van der Waals surface area contributed by atoms with Crippen LogP contribution in [0.5, 0.6) is 5.75 Å². The number of hydrogen-bond donors (Lipinski definition) is 2. The molecule has 1 saturated heterocycles. The number of para-hydroxylation sites is 1. The molecule has 0 bridgehead atoms. The van der Waals surface area contributed by atoms with Crippen molar-refractivity contribution in [2.75, 3.05) is 33.3 Å². The second-order valence-electron chi connectivity index (χ2n) is 8.12. The van der Waals surface area contributed by atoms with Crippen molar-refractivity contribution < 1.29 is 13.2 Å². The first-order chi connectivity index (χ1) is 14.9. The molecule has 2 heterocycles. The molecule has 2 N–H and O–H groups in total. The lowest BCUT2D eigenvalue weighted by atomic mass is 9.85. The van der Waals surface area contributed by atoms with E-state index in [0.29, 0.717) is 43.9 Å². The molecule has 2 aromatic carbocycles. The van der Waals surface area contributed by atoms with E-state index in [1.54, 1.807) is 23.5 Å². The summed E-state index contributed by atoms with van der Waals surface area (Å²) in [7, 11) is -1.82. The minimum absolute atomic E-state index is 0. The Kier molecular flexibility index (Phi) is 7.82. The molecule has 32 heavy (non-hydrogen) atoms. The maximum absolute atomic E-state index is 13.1. The van der Waals surface area contributed by atoms with Crippen molar-refractivity contribution >= 4 is 28.3 Å². The van der Waals surface area contributed by atoms with Gasteiger partial charge in [0.25, 0.3) is 0 Å². The molecule has 0 radical (unpaired) electrons. The zero-order valence-corrected chi connectivity index (χ0v) is 20.1. The third-order valence-corrected chi connectivity index (χ3v) is 8.08. The highest BCUT2D eigenvalue weighted by Gasteiger charge is 2.43. The molecule has 0 saturated carbocycles. The van der Waals surface area contributed by atoms with Crippen LogP contribution in [0, 0.1) is 6.92 Å². The van der Waals surface area contributed by atoms with E-state index in [2.05, 4.69) is 10.6 Å². The maximum atomic E-state index is 13.1. The Morgan fingerprint density at radius 1 is 1.12 bits per heavy atom. The average Bonchev–Trinajstić information content (AvgIpc) is 2.79. The lowest BCUT2D eigenvalue weighted by molar-refractivity contribution is 0.241. The molecule has 1 fully saturated rings. The number of amidine groups is 1. The van der Waals surface area contributed by atoms with Gasteiger partial charge < -0.3 is 15.4 Å². The fraction of sp³-hybridized carbons (Fsp3) is 0.435. The third kappa shape index (κ3) is 4.93. The molecule has 0 aromatic heterocycles. The molecule has 1 spiro atoms. The molecule has 0 atom stereocenters. The smallest absolute Gasteiger partial charge is 0.243 e. The molecule has 0 amide bonds. The largest absolute Gasteiger partial charge is 0.496 e. The van der Waals surface area contributed by atoms with E-state index in [1.807, 2.05) is 43.3 Å². The summed E-state index contributed by atoms with van der Waals surface area (Å²) in [5, 5.41) is 7.13. The molecule has 174 valence electrons. The van der Waals surface area contributed by atoms with Crippen LogP contribution < -0.4 is 15.4 Å². The Hall–Kier alpha value is -2.13. The van der Waals surface area contributed by atoms with E-state index in [1.165, 1.54) is 0 Å². The number of sulfonamides is 1. The molecule has 0 aliphatic carbocycles. The van der Waals surface area contributed by atoms with Gasteiger partial charge in [0.1, 0.15) is 11.6 Å². The highest BCUT2D eigenvalue weighted by Crippen LogP contribution is 2.29. The van der Waals surface area contributed by atoms with Crippen LogP contribution in [0.4, 0.5) is 0 Å². The zero-order chi connectivity index (χ0) is 21.9. The Morgan fingerprint density at radius 2 is 1.81 bits per heavy atom. The summed E-state index contributed by atoms with van der Waals surface area (Å²) >= 11 is 0. The predicted octanol–water partition coefficient (Wildman–Crippen LogP) is 2.74. The van der Waals surface area contributed by atoms with E-state index in [-0.39, 0.29) is 17.9 Å². The summed E-state index contributed by atoms with van der Waals surface area (Å²) in [4.78, 5) is 5.12. The molecule has 9 heteroatoms. The summed E-state index contributed by atoms with van der Waals surface area (Å²) in [5.41, 5.74) is 1.79. The Labute approximate surface area is 196 Å². The average molecular weight is 479 g/mol. The van der Waals surface area contributed by atoms with Crippen LogP contribution in [0.1, 0.15) is 24.0 Å². The normalized spacial score (nSPS) is 18.5. The molecule has 2 aliphatic rings. The number of nitrogens with one attached hydrogen (secondary N) is 2. The quantitative estimate of drug-likeness (QED) is 0.690. The second-order valence-corrected chi connectivity index (χ2v) is 10.1. The van der Waals surface area contributed by atoms with Crippen molar-refractivity contribution in [1.82, 2.24) is 14.9 Å². The summed E-state index contributed by atoms with van der Waals surface area (Å²) in [6, 6.07) is 15.0. The minimum atomic E-state index is -3.49. The number of piperidine rings is 1. The van der Waals surface area contributed by atoms with Gasteiger partial charge in [0.05, 0.1) is 24.1 Å². The number of ether oxygens (including phenoxy) is 1. The Bertz CT molecular complexity index is 1050. The predicted molar refractivity (Wildman–Crippen MR) is 129 cm³/mol. The number of aliphatic imine (C=N–C) groups is 1. The number of aryl methyl sites for hydroxylation is 1. The van der Waals surface area contributed by atoms with Gasteiger partial charge in [-0.1, -0.05) is 35.9 Å². The van der Waals surface area contributed by atoms with Gasteiger partial charge in [-0.05, 0) is 38.0 Å². The second kappa shape index (κ2) is 10.2. The zero-order valence-electron chi connectivity index (χ0n) is 18.5. The van der Waals surface area contributed by atoms with E-state index >= 15 is 0 Å². The van der Waals surface area contributed by atoms with Crippen LogP contribution in [-0.4, -0.2) is 57.4 Å². The first kappa shape index (κ1) is 24.5. The van der Waals surface area contributed by atoms with Crippen molar-refractivity contribution in [3.63, 3.8) is 0 Å². The van der Waals surface area contributed by atoms with Gasteiger partial charge in [-0.2, -0.15) is 4.31 Å². The lowest BCUT2D eigenvalue weighted by Crippen LogP contribution is -2.64. The lowest BCUT2D eigenvalue weighted by Gasteiger charge is -2.44. The van der Waals surface area contributed by atoms with Gasteiger partial charge in [-0.15, -0.1) is 12.4 Å². The SMILES string of the molecule is COc1ccccc1CNC1=NCCNC12CCN(S(=O)(=O)c1ccc(C)cc1)CC2.Cl. The highest BCUT2D eigenvalue weighted by molar-refractivity contribution is 7.89. The van der Waals surface area contributed by atoms with Crippen molar-refractivity contribution in [1.29, 1.82) is 0 Å². The molecule has 7 nitrogen and oxygen atoms in total. The monoisotopic (exact) mass is 478 g/mol. The van der Waals surface area contributed by atoms with Gasteiger partial charge in [0.15, 0.2) is 0 Å². The van der Waals surface area contributed by atoms with Crippen LogP contribution in [0.3, 0.4) is 0 Å². The first-order valence-corrected chi connectivity index (χ1v) is 12.1. The number of hydrogen-bond acceptors (Lipinski definition) is 6. The van der Waals surface area contributed by atoms with E-state index < -0.39 is 10.0 Å². The summed E-state index contributed by atoms with van der Waals surface area (Å²) in [5.74, 6) is 1.75. The van der Waals surface area contributed by atoms with Crippen LogP contribution in [0.2, 0.25) is 0 Å². The molecular weight excluding hydrogens is 448 g/mol. The standard InChI is InChI=1S/C23H30N4O3S.ClH/c1-18-7-9-20(10-8-18)31(28,29)27-15-11-23(12-16-27)22(24-13-14-26-23)25-17-19-5-3-4-6-21(19)30-2;/h3-10,26H,11-17H2,1-2H3,(H,24,25);1H. The van der Waals surface area contributed by atoms with Gasteiger partial charge in [-0.25, -0.2) is 8.42 Å². The van der Waals surface area contributed by atoms with E-state index in [9.17, 15) is 8.42 Å². The van der Waals surface area contributed by atoms with Gasteiger partial charge in [-0.3, -0.25) is 4.99 Å². The van der Waals surface area contributed by atoms with Gasteiger partial charge in [0, 0.05) is 31.7 Å². The fourth-order valence-corrected chi connectivity index (χ4v) is 5.77. The summed E-state index contributed by atoms with van der Waals surface area (Å²) in [6.07, 6.45) is 1.35. The number of halogens is 1. The number of methoxy groups -OCH3 is 1. The first-order valence-electron chi connectivity index (χ1n) is 10.7. The fourth-order valence-electron chi connectivity index (χ4n) is 4.33. The van der Waals surface area contributed by atoms with Crippen LogP contribution in [-0.2, 0) is 16.6 Å². The molecule has 0 unspecified atom stereocenters. The van der Waals surface area contributed by atoms with E-state index in [0.717, 1.165) is 29.3 Å². The van der Waals surface area contributed by atoms with Gasteiger partial charge in [0.2, 0.25) is 10.0 Å². The van der Waals surface area contributed by atoms with Crippen molar-refractivity contribution in [2.45, 2.75) is 36.7 Å². The van der Waals surface area contributed by atoms with Crippen molar-refractivity contribution in [3.8, 4) is 5.75 Å². The molecule has 2 aliphatic heterocycles. The highest BCUT2D eigenvalue weighted by atomic mass is 35.5. The van der Waals surface area contributed by atoms with Crippen LogP contribution in [0.25, 0.3) is 0 Å². The summed E-state index contributed by atoms with van der Waals surface area (Å²) < 4.78 is 33.2. The maximum Gasteiger partial charge on any atom is 0.243 e. The molecule has 4 rings (SSSR count). The van der Waals surface area contributed by atoms with E-state index in [4.69, 9.17) is 9.73 Å². The van der Waals surface area contributed by atoms with Crippen LogP contribution >= 0.6 is 12.4 Å².